The average molecular weight is 529 g/mol. The summed E-state index contributed by atoms with van der Waals surface area (Å²) in [4.78, 5) is 12.0. The fourth-order valence-corrected chi connectivity index (χ4v) is 4.40. The minimum Gasteiger partial charge on any atom is -0.394 e. The van der Waals surface area contributed by atoms with Gasteiger partial charge in [0.25, 0.3) is 0 Å². The van der Waals surface area contributed by atoms with Crippen molar-refractivity contribution in [1.82, 2.24) is 5.32 Å². The van der Waals surface area contributed by atoms with Crippen LogP contribution in [0.5, 0.6) is 0 Å². The quantitative estimate of drug-likeness (QED) is 0.147. The van der Waals surface area contributed by atoms with Crippen molar-refractivity contribution in [3.05, 3.63) is 0 Å². The molecule has 0 spiro atoms. The third-order valence-corrected chi connectivity index (χ3v) is 6.45. The van der Waals surface area contributed by atoms with Crippen LogP contribution in [0.2, 0.25) is 0 Å². The standard InChI is InChI=1S/C20H35NO15/c1-5-10(25)17(15(30)18(31)32-5)36-19-9(21-6(2)24)16(12(27)8(4-23)33-19)35-20-14(29)13(28)11(26)7(3-22)34-20/h5,7-20,22-23,25-31H,3-4H2,1-2H3,(H,21,24)/t5-,7+,8+,9+,10-,11+,12-,13-,14+,15+,16+,17+,18+,19+,20+/m0/s1. The van der Waals surface area contributed by atoms with Gasteiger partial charge in [-0.1, -0.05) is 0 Å². The Bertz CT molecular complexity index is 715. The lowest BCUT2D eigenvalue weighted by Crippen LogP contribution is -2.69. The molecule has 3 aliphatic rings. The van der Waals surface area contributed by atoms with Gasteiger partial charge in [0.1, 0.15) is 67.1 Å². The SMILES string of the molecule is CC(=O)N[C@H]1[C@@H](O[C@@H]2[C@@H](O)[C@H](C)O[C@@H](O)[C@@H]2O)O[C@H](CO)[C@H](O)[C@@H]1O[C@H]1O[C@H](CO)[C@@H](O)[C@H](O)[C@H]1O. The van der Waals surface area contributed by atoms with Crippen LogP contribution < -0.4 is 5.32 Å². The van der Waals surface area contributed by atoms with Crippen LogP contribution in [0, 0.1) is 0 Å². The smallest absolute Gasteiger partial charge is 0.217 e. The summed E-state index contributed by atoms with van der Waals surface area (Å²) < 4.78 is 27.3. The molecule has 3 fully saturated rings. The Morgan fingerprint density at radius 2 is 1.28 bits per heavy atom. The topological polar surface area (TPSA) is 257 Å². The number of hydrogen-bond acceptors (Lipinski definition) is 15. The maximum atomic E-state index is 12.0. The van der Waals surface area contributed by atoms with Crippen molar-refractivity contribution in [2.24, 2.45) is 0 Å². The first-order valence-corrected chi connectivity index (χ1v) is 11.4. The Hall–Kier alpha value is -1.09. The van der Waals surface area contributed by atoms with Crippen molar-refractivity contribution in [3.63, 3.8) is 0 Å². The highest BCUT2D eigenvalue weighted by molar-refractivity contribution is 5.73. The molecule has 16 heteroatoms. The van der Waals surface area contributed by atoms with Gasteiger partial charge in [0.05, 0.1) is 19.3 Å². The fourth-order valence-electron chi connectivity index (χ4n) is 4.40. The van der Waals surface area contributed by atoms with Crippen molar-refractivity contribution in [2.75, 3.05) is 13.2 Å². The maximum Gasteiger partial charge on any atom is 0.217 e. The molecule has 210 valence electrons. The van der Waals surface area contributed by atoms with E-state index in [4.69, 9.17) is 23.7 Å². The Labute approximate surface area is 205 Å². The van der Waals surface area contributed by atoms with Crippen LogP contribution in [0.4, 0.5) is 0 Å². The molecule has 0 aromatic heterocycles. The van der Waals surface area contributed by atoms with Crippen molar-refractivity contribution < 1.29 is 74.4 Å². The van der Waals surface area contributed by atoms with E-state index in [1.54, 1.807) is 0 Å². The van der Waals surface area contributed by atoms with Crippen LogP contribution in [0.1, 0.15) is 13.8 Å². The normalized spacial score (nSPS) is 50.0. The van der Waals surface area contributed by atoms with E-state index in [-0.39, 0.29) is 0 Å². The van der Waals surface area contributed by atoms with Crippen molar-refractivity contribution in [3.8, 4) is 0 Å². The number of aliphatic hydroxyl groups is 9. The highest BCUT2D eigenvalue weighted by atomic mass is 16.7. The van der Waals surface area contributed by atoms with Gasteiger partial charge in [-0.25, -0.2) is 0 Å². The number of rotatable bonds is 7. The summed E-state index contributed by atoms with van der Waals surface area (Å²) in [5, 5.41) is 93.5. The van der Waals surface area contributed by atoms with E-state index in [2.05, 4.69) is 5.32 Å². The zero-order valence-corrected chi connectivity index (χ0v) is 19.5. The summed E-state index contributed by atoms with van der Waals surface area (Å²) in [7, 11) is 0. The molecule has 0 unspecified atom stereocenters. The number of amides is 1. The van der Waals surface area contributed by atoms with Gasteiger partial charge in [0.15, 0.2) is 18.9 Å². The molecule has 0 radical (unpaired) electrons. The van der Waals surface area contributed by atoms with Crippen LogP contribution in [0.25, 0.3) is 0 Å². The number of hydrogen-bond donors (Lipinski definition) is 10. The molecule has 0 aromatic rings. The maximum absolute atomic E-state index is 12.0. The largest absolute Gasteiger partial charge is 0.394 e. The van der Waals surface area contributed by atoms with E-state index in [0.29, 0.717) is 0 Å². The number of ether oxygens (including phenoxy) is 5. The van der Waals surface area contributed by atoms with Crippen molar-refractivity contribution in [2.45, 2.75) is 106 Å². The van der Waals surface area contributed by atoms with E-state index >= 15 is 0 Å². The van der Waals surface area contributed by atoms with Gasteiger partial charge in [0, 0.05) is 6.92 Å². The van der Waals surface area contributed by atoms with Crippen LogP contribution in [-0.2, 0) is 28.5 Å². The summed E-state index contributed by atoms with van der Waals surface area (Å²) in [6, 6.07) is -1.41. The molecule has 16 nitrogen and oxygen atoms in total. The number of carbonyl (C=O) groups excluding carboxylic acids is 1. The van der Waals surface area contributed by atoms with Gasteiger partial charge in [-0.05, 0) is 6.92 Å². The van der Waals surface area contributed by atoms with Gasteiger partial charge < -0.3 is 75.0 Å². The second-order valence-electron chi connectivity index (χ2n) is 9.05. The molecule has 3 aliphatic heterocycles. The van der Waals surface area contributed by atoms with E-state index in [1.807, 2.05) is 0 Å². The highest BCUT2D eigenvalue weighted by Crippen LogP contribution is 2.32. The lowest BCUT2D eigenvalue weighted by Gasteiger charge is -2.49. The summed E-state index contributed by atoms with van der Waals surface area (Å²) in [6.45, 7) is 1.01. The van der Waals surface area contributed by atoms with Gasteiger partial charge >= 0.3 is 0 Å². The second-order valence-corrected chi connectivity index (χ2v) is 9.05. The molecule has 3 rings (SSSR count). The zero-order valence-electron chi connectivity index (χ0n) is 19.5. The Morgan fingerprint density at radius 3 is 1.86 bits per heavy atom. The van der Waals surface area contributed by atoms with E-state index in [1.165, 1.54) is 6.92 Å². The van der Waals surface area contributed by atoms with Crippen LogP contribution in [0.15, 0.2) is 0 Å². The molecule has 10 N–H and O–H groups in total. The van der Waals surface area contributed by atoms with E-state index in [9.17, 15) is 50.8 Å². The first-order chi connectivity index (χ1) is 16.9. The fraction of sp³-hybridized carbons (Fsp3) is 0.950. The lowest BCUT2D eigenvalue weighted by atomic mass is 9.94. The second kappa shape index (κ2) is 12.2. The summed E-state index contributed by atoms with van der Waals surface area (Å²) in [5.74, 6) is -0.657. The Balaban J connectivity index is 1.89. The first kappa shape index (κ1) is 29.5. The summed E-state index contributed by atoms with van der Waals surface area (Å²) >= 11 is 0. The molecule has 15 atom stereocenters. The molecular formula is C20H35NO15. The molecule has 0 aliphatic carbocycles. The number of carbonyl (C=O) groups is 1. The van der Waals surface area contributed by atoms with Gasteiger partial charge in [-0.3, -0.25) is 4.79 Å². The minimum absolute atomic E-state index is 0.657. The molecular weight excluding hydrogens is 494 g/mol. The lowest BCUT2D eigenvalue weighted by molar-refractivity contribution is -0.362. The molecule has 36 heavy (non-hydrogen) atoms. The van der Waals surface area contributed by atoms with E-state index < -0.39 is 111 Å². The van der Waals surface area contributed by atoms with Crippen molar-refractivity contribution in [1.29, 1.82) is 0 Å². The molecule has 3 heterocycles. The zero-order chi connectivity index (χ0) is 26.9. The number of nitrogens with one attached hydrogen (secondary N) is 1. The van der Waals surface area contributed by atoms with Crippen molar-refractivity contribution >= 4 is 5.91 Å². The Kier molecular flexibility index (Phi) is 9.97. The van der Waals surface area contributed by atoms with Crippen LogP contribution >= 0.6 is 0 Å². The van der Waals surface area contributed by atoms with Gasteiger partial charge in [0.2, 0.25) is 5.91 Å². The average Bonchev–Trinajstić information content (AvgIpc) is 2.83. The van der Waals surface area contributed by atoms with Gasteiger partial charge in [-0.15, -0.1) is 0 Å². The molecule has 0 bridgehead atoms. The predicted octanol–water partition coefficient (Wildman–Crippen LogP) is -6.40. The predicted molar refractivity (Wildman–Crippen MR) is 111 cm³/mol. The summed E-state index contributed by atoms with van der Waals surface area (Å²) in [6.07, 6.45) is -22.0. The molecule has 0 aromatic carbocycles. The highest BCUT2D eigenvalue weighted by Gasteiger charge is 2.53. The minimum atomic E-state index is -1.85. The monoisotopic (exact) mass is 529 g/mol. The third-order valence-electron chi connectivity index (χ3n) is 6.45. The molecule has 0 saturated carbocycles. The van der Waals surface area contributed by atoms with Crippen LogP contribution in [0.3, 0.4) is 0 Å². The van der Waals surface area contributed by atoms with E-state index in [0.717, 1.165) is 6.92 Å². The van der Waals surface area contributed by atoms with Gasteiger partial charge in [-0.2, -0.15) is 0 Å². The summed E-state index contributed by atoms with van der Waals surface area (Å²) in [5.41, 5.74) is 0. The number of aliphatic hydroxyl groups excluding tert-OH is 9. The van der Waals surface area contributed by atoms with Crippen LogP contribution in [-0.4, -0.2) is 157 Å². The first-order valence-electron chi connectivity index (χ1n) is 11.4. The Morgan fingerprint density at radius 1 is 0.722 bits per heavy atom. The molecule has 1 amide bonds. The third kappa shape index (κ3) is 5.97. The molecule has 3 saturated heterocycles.